The van der Waals surface area contributed by atoms with Crippen molar-refractivity contribution in [2.75, 3.05) is 0 Å². The third-order valence-corrected chi connectivity index (χ3v) is 4.14. The summed E-state index contributed by atoms with van der Waals surface area (Å²) >= 11 is 0.483. The average molecular weight is 286 g/mol. The van der Waals surface area contributed by atoms with Crippen molar-refractivity contribution >= 4 is 26.3 Å². The molecule has 0 aliphatic rings. The fourth-order valence-corrected chi connectivity index (χ4v) is 2.78. The highest BCUT2D eigenvalue weighted by Gasteiger charge is 2.37. The molecule has 0 bridgehead atoms. The van der Waals surface area contributed by atoms with Gasteiger partial charge in [0.05, 0.1) is 5.69 Å². The van der Waals surface area contributed by atoms with Gasteiger partial charge >= 0.3 is 6.18 Å². The van der Waals surface area contributed by atoms with Gasteiger partial charge < -0.3 is 0 Å². The Labute approximate surface area is 96.9 Å². The van der Waals surface area contributed by atoms with Crippen LogP contribution in [0.4, 0.5) is 13.2 Å². The monoisotopic (exact) mass is 286 g/mol. The van der Waals surface area contributed by atoms with E-state index in [9.17, 15) is 21.6 Å². The molecule has 2 heterocycles. The Kier molecular flexibility index (Phi) is 2.45. The van der Waals surface area contributed by atoms with Crippen LogP contribution in [0.25, 0.3) is 4.96 Å². The van der Waals surface area contributed by atoms with Gasteiger partial charge in [-0.1, -0.05) is 11.3 Å². The Bertz CT molecular complexity index is 684. The first-order valence-corrected chi connectivity index (χ1v) is 6.43. The number of hydrogen-bond donors (Lipinski definition) is 1. The first kappa shape index (κ1) is 12.3. The summed E-state index contributed by atoms with van der Waals surface area (Å²) in [6.07, 6.45) is -4.60. The van der Waals surface area contributed by atoms with E-state index in [-0.39, 0.29) is 10.7 Å². The second kappa shape index (κ2) is 3.40. The van der Waals surface area contributed by atoms with Crippen LogP contribution in [0.3, 0.4) is 0 Å². The standard InChI is InChI=1S/C6H5F3N4O2S2/c1-2-3(6(7,8)9)11-4-13(2)12-5(16-4)17(10,14)15/h1H3,(H2,10,14,15). The van der Waals surface area contributed by atoms with E-state index in [1.54, 1.807) is 0 Å². The summed E-state index contributed by atoms with van der Waals surface area (Å²) < 4.78 is 59.6. The van der Waals surface area contributed by atoms with Crippen LogP contribution in [-0.2, 0) is 16.2 Å². The number of rotatable bonds is 1. The van der Waals surface area contributed by atoms with Crippen LogP contribution < -0.4 is 5.14 Å². The maximum absolute atomic E-state index is 12.5. The van der Waals surface area contributed by atoms with Gasteiger partial charge in [0.15, 0.2) is 5.69 Å². The summed E-state index contributed by atoms with van der Waals surface area (Å²) in [4.78, 5) is 3.12. The zero-order chi connectivity index (χ0) is 13.0. The molecule has 94 valence electrons. The number of alkyl halides is 3. The first-order valence-electron chi connectivity index (χ1n) is 4.07. The molecule has 17 heavy (non-hydrogen) atoms. The Morgan fingerprint density at radius 1 is 1.41 bits per heavy atom. The molecular weight excluding hydrogens is 281 g/mol. The summed E-state index contributed by atoms with van der Waals surface area (Å²) in [6, 6.07) is 0. The van der Waals surface area contributed by atoms with E-state index in [1.165, 1.54) is 0 Å². The molecular formula is C6H5F3N4O2S2. The van der Waals surface area contributed by atoms with Crippen molar-refractivity contribution in [2.45, 2.75) is 17.4 Å². The van der Waals surface area contributed by atoms with Crippen LogP contribution in [0.1, 0.15) is 11.4 Å². The largest absolute Gasteiger partial charge is 0.435 e. The Morgan fingerprint density at radius 3 is 2.41 bits per heavy atom. The lowest BCUT2D eigenvalue weighted by Crippen LogP contribution is -2.13. The molecule has 2 rings (SSSR count). The van der Waals surface area contributed by atoms with E-state index in [0.29, 0.717) is 11.3 Å². The van der Waals surface area contributed by atoms with E-state index in [2.05, 4.69) is 10.1 Å². The average Bonchev–Trinajstić information content (AvgIpc) is 2.63. The van der Waals surface area contributed by atoms with E-state index in [0.717, 1.165) is 11.4 Å². The van der Waals surface area contributed by atoms with E-state index >= 15 is 0 Å². The maximum Gasteiger partial charge on any atom is 0.435 e. The molecule has 0 aliphatic carbocycles. The first-order chi connectivity index (χ1) is 7.60. The molecule has 0 aromatic carbocycles. The van der Waals surface area contributed by atoms with Crippen molar-refractivity contribution in [1.29, 1.82) is 0 Å². The van der Waals surface area contributed by atoms with E-state index < -0.39 is 26.2 Å². The lowest BCUT2D eigenvalue weighted by molar-refractivity contribution is -0.141. The molecule has 0 saturated carbocycles. The van der Waals surface area contributed by atoms with E-state index in [1.807, 2.05) is 0 Å². The lowest BCUT2D eigenvalue weighted by atomic mass is 10.3. The molecule has 2 N–H and O–H groups in total. The fraction of sp³-hybridized carbons (Fsp3) is 0.333. The predicted octanol–water partition coefficient (Wildman–Crippen LogP) is 0.765. The van der Waals surface area contributed by atoms with Gasteiger partial charge in [0.25, 0.3) is 10.0 Å². The lowest BCUT2D eigenvalue weighted by Gasteiger charge is -2.02. The molecule has 2 aromatic rings. The summed E-state index contributed by atoms with van der Waals surface area (Å²) in [5.74, 6) is 0. The molecule has 2 aromatic heterocycles. The van der Waals surface area contributed by atoms with Crippen LogP contribution in [0.15, 0.2) is 4.34 Å². The van der Waals surface area contributed by atoms with Crippen LogP contribution in [0, 0.1) is 6.92 Å². The number of nitrogens with zero attached hydrogens (tertiary/aromatic N) is 3. The van der Waals surface area contributed by atoms with Gasteiger partial charge in [-0.25, -0.2) is 23.1 Å². The second-order valence-corrected chi connectivity index (χ2v) is 5.84. The summed E-state index contributed by atoms with van der Waals surface area (Å²) in [5, 5.41) is 8.29. The number of aryl methyl sites for hydroxylation is 1. The smallest absolute Gasteiger partial charge is 0.223 e. The van der Waals surface area contributed by atoms with Crippen molar-refractivity contribution in [3.8, 4) is 0 Å². The number of hydrogen-bond acceptors (Lipinski definition) is 5. The molecule has 0 aliphatic heterocycles. The highest BCUT2D eigenvalue weighted by Crippen LogP contribution is 2.32. The molecule has 0 radical (unpaired) electrons. The molecule has 0 spiro atoms. The summed E-state index contributed by atoms with van der Waals surface area (Å²) in [5.41, 5.74) is -1.36. The molecule has 0 atom stereocenters. The van der Waals surface area contributed by atoms with Crippen molar-refractivity contribution in [1.82, 2.24) is 14.6 Å². The maximum atomic E-state index is 12.5. The number of primary sulfonamides is 1. The minimum Gasteiger partial charge on any atom is -0.223 e. The van der Waals surface area contributed by atoms with Crippen LogP contribution in [0.2, 0.25) is 0 Å². The zero-order valence-corrected chi connectivity index (χ0v) is 9.82. The third kappa shape index (κ3) is 2.00. The van der Waals surface area contributed by atoms with Gasteiger partial charge in [-0.15, -0.1) is 5.10 Å². The van der Waals surface area contributed by atoms with Gasteiger partial charge in [0.1, 0.15) is 0 Å². The van der Waals surface area contributed by atoms with Gasteiger partial charge in [-0.05, 0) is 6.92 Å². The van der Waals surface area contributed by atoms with Gasteiger partial charge in [0.2, 0.25) is 9.30 Å². The molecule has 11 heteroatoms. The Morgan fingerprint density at radius 2 is 2.00 bits per heavy atom. The number of fused-ring (bicyclic) bond motifs is 1. The SMILES string of the molecule is Cc1c(C(F)(F)F)nc2sc(S(N)(=O)=O)nn12. The molecule has 0 saturated heterocycles. The molecule has 6 nitrogen and oxygen atoms in total. The van der Waals surface area contributed by atoms with Gasteiger partial charge in [0, 0.05) is 0 Å². The molecule has 0 amide bonds. The topological polar surface area (TPSA) is 90.3 Å². The number of imidazole rings is 1. The minimum absolute atomic E-state index is 0.168. The van der Waals surface area contributed by atoms with Crippen molar-refractivity contribution in [3.05, 3.63) is 11.4 Å². The van der Waals surface area contributed by atoms with Gasteiger partial charge in [-0.3, -0.25) is 0 Å². The highest BCUT2D eigenvalue weighted by molar-refractivity contribution is 7.91. The highest BCUT2D eigenvalue weighted by atomic mass is 32.2. The Hall–Kier alpha value is -1.20. The molecule has 0 unspecified atom stereocenters. The van der Waals surface area contributed by atoms with Crippen LogP contribution in [0.5, 0.6) is 0 Å². The Balaban J connectivity index is 2.69. The summed E-state index contributed by atoms with van der Waals surface area (Å²) in [7, 11) is -4.03. The van der Waals surface area contributed by atoms with Crippen LogP contribution >= 0.6 is 11.3 Å². The fourth-order valence-electron chi connectivity index (χ4n) is 1.22. The van der Waals surface area contributed by atoms with Crippen LogP contribution in [-0.4, -0.2) is 23.0 Å². The number of sulfonamides is 1. The third-order valence-electron chi connectivity index (χ3n) is 1.92. The number of aromatic nitrogens is 3. The van der Waals surface area contributed by atoms with E-state index in [4.69, 9.17) is 5.14 Å². The van der Waals surface area contributed by atoms with Gasteiger partial charge in [-0.2, -0.15) is 13.2 Å². The van der Waals surface area contributed by atoms with Crippen molar-refractivity contribution in [3.63, 3.8) is 0 Å². The van der Waals surface area contributed by atoms with Crippen molar-refractivity contribution < 1.29 is 21.6 Å². The summed E-state index contributed by atoms with van der Waals surface area (Å²) in [6.45, 7) is 1.15. The number of halogens is 3. The zero-order valence-electron chi connectivity index (χ0n) is 8.19. The second-order valence-electron chi connectivity index (χ2n) is 3.15. The number of nitrogens with two attached hydrogens (primary N) is 1. The predicted molar refractivity (Wildman–Crippen MR) is 52.0 cm³/mol. The minimum atomic E-state index is -4.60. The molecule has 0 fully saturated rings. The quantitative estimate of drug-likeness (QED) is 0.838. The normalized spacial score (nSPS) is 13.5. The van der Waals surface area contributed by atoms with Crippen molar-refractivity contribution in [2.24, 2.45) is 5.14 Å².